The fraction of sp³-hybridized carbons (Fsp3) is 0.207. The highest BCUT2D eigenvalue weighted by molar-refractivity contribution is 5.77. The van der Waals surface area contributed by atoms with Gasteiger partial charge >= 0.3 is 0 Å². The number of ether oxygens (including phenoxy) is 1. The van der Waals surface area contributed by atoms with Crippen molar-refractivity contribution < 1.29 is 4.74 Å². The Bertz CT molecular complexity index is 938. The molecule has 158 valence electrons. The zero-order valence-corrected chi connectivity index (χ0v) is 18.3. The molecule has 31 heavy (non-hydrogen) atoms. The summed E-state index contributed by atoms with van der Waals surface area (Å²) in [6, 6.07) is 20.1. The summed E-state index contributed by atoms with van der Waals surface area (Å²) in [6.45, 7) is 3.01. The lowest BCUT2D eigenvalue weighted by molar-refractivity contribution is 0.305. The Morgan fingerprint density at radius 1 is 0.806 bits per heavy atom. The summed E-state index contributed by atoms with van der Waals surface area (Å²) in [5, 5.41) is 9.26. The van der Waals surface area contributed by atoms with Crippen molar-refractivity contribution in [3.63, 3.8) is 0 Å². The van der Waals surface area contributed by atoms with Crippen LogP contribution >= 0.6 is 0 Å². The molecule has 0 aromatic heterocycles. The Labute approximate surface area is 187 Å². The molecule has 0 spiro atoms. The van der Waals surface area contributed by atoms with E-state index in [1.54, 1.807) is 0 Å². The predicted octanol–water partition coefficient (Wildman–Crippen LogP) is 7.93. The highest BCUT2D eigenvalue weighted by atomic mass is 16.5. The topological polar surface area (TPSA) is 33.0 Å². The summed E-state index contributed by atoms with van der Waals surface area (Å²) >= 11 is 0. The Hall–Kier alpha value is -3.57. The molecule has 0 amide bonds. The first-order valence-corrected chi connectivity index (χ1v) is 10.9. The van der Waals surface area contributed by atoms with Crippen molar-refractivity contribution in [1.82, 2.24) is 0 Å². The molecule has 0 radical (unpaired) electrons. The molecule has 0 aliphatic carbocycles. The molecule has 0 aliphatic rings. The lowest BCUT2D eigenvalue weighted by atomic mass is 10.1. The van der Waals surface area contributed by atoms with E-state index in [9.17, 15) is 5.26 Å². The van der Waals surface area contributed by atoms with Gasteiger partial charge in [0.1, 0.15) is 5.75 Å². The van der Waals surface area contributed by atoms with Crippen molar-refractivity contribution in [2.75, 3.05) is 6.61 Å². The van der Waals surface area contributed by atoms with Crippen LogP contribution in [0.4, 0.5) is 0 Å². The lowest BCUT2D eigenvalue weighted by Crippen LogP contribution is -1.96. The van der Waals surface area contributed by atoms with Gasteiger partial charge in [0.05, 0.1) is 18.2 Å². The Morgan fingerprint density at radius 3 is 2.16 bits per heavy atom. The monoisotopic (exact) mass is 409 g/mol. The van der Waals surface area contributed by atoms with Gasteiger partial charge in [-0.2, -0.15) is 5.26 Å². The second-order valence-electron chi connectivity index (χ2n) is 7.05. The van der Waals surface area contributed by atoms with Gasteiger partial charge in [0.15, 0.2) is 0 Å². The zero-order valence-electron chi connectivity index (χ0n) is 18.3. The molecule has 0 aliphatic heterocycles. The average Bonchev–Trinajstić information content (AvgIpc) is 2.82. The van der Waals surface area contributed by atoms with Gasteiger partial charge in [-0.15, -0.1) is 0 Å². The third kappa shape index (κ3) is 10.1. The van der Waals surface area contributed by atoms with Crippen LogP contribution in [0.1, 0.15) is 43.7 Å². The zero-order chi connectivity index (χ0) is 22.0. The lowest BCUT2D eigenvalue weighted by Gasteiger charge is -2.05. The smallest absolute Gasteiger partial charge is 0.119 e. The number of benzene rings is 2. The van der Waals surface area contributed by atoms with Gasteiger partial charge in [-0.05, 0) is 35.8 Å². The number of nitrogens with zero attached hydrogens (tertiary/aromatic N) is 1. The van der Waals surface area contributed by atoms with E-state index in [2.05, 4.69) is 31.2 Å². The summed E-state index contributed by atoms with van der Waals surface area (Å²) < 4.78 is 5.77. The second kappa shape index (κ2) is 15.3. The molecule has 2 heteroatoms. The van der Waals surface area contributed by atoms with Crippen LogP contribution < -0.4 is 4.74 Å². The number of hydrogen-bond acceptors (Lipinski definition) is 2. The molecule has 0 bridgehead atoms. The van der Waals surface area contributed by atoms with Crippen molar-refractivity contribution in [2.24, 2.45) is 0 Å². The molecule has 2 rings (SSSR count). The van der Waals surface area contributed by atoms with Crippen molar-refractivity contribution in [3.05, 3.63) is 114 Å². The van der Waals surface area contributed by atoms with Gasteiger partial charge in [-0.25, -0.2) is 0 Å². The van der Waals surface area contributed by atoms with Crippen LogP contribution in [0, 0.1) is 11.3 Å². The summed E-state index contributed by atoms with van der Waals surface area (Å²) in [7, 11) is 0. The Morgan fingerprint density at radius 2 is 1.48 bits per heavy atom. The number of nitriles is 1. The molecular formula is C29H31NO. The summed E-state index contributed by atoms with van der Waals surface area (Å²) in [5.41, 5.74) is 2.72. The van der Waals surface area contributed by atoms with Crippen LogP contribution in [-0.4, -0.2) is 6.61 Å². The van der Waals surface area contributed by atoms with Crippen LogP contribution in [0.2, 0.25) is 0 Å². The molecule has 0 fully saturated rings. The van der Waals surface area contributed by atoms with Gasteiger partial charge < -0.3 is 4.74 Å². The Kier molecular flexibility index (Phi) is 11.7. The van der Waals surface area contributed by atoms with E-state index in [0.717, 1.165) is 29.9 Å². The van der Waals surface area contributed by atoms with Gasteiger partial charge in [-0.3, -0.25) is 0 Å². The number of rotatable bonds is 12. The minimum atomic E-state index is 0.650. The maximum absolute atomic E-state index is 9.26. The number of allylic oxidation sites excluding steroid dienone is 9. The van der Waals surface area contributed by atoms with Crippen molar-refractivity contribution >= 4 is 11.6 Å². The largest absolute Gasteiger partial charge is 0.494 e. The quantitative estimate of drug-likeness (QED) is 0.202. The first-order valence-electron chi connectivity index (χ1n) is 10.9. The van der Waals surface area contributed by atoms with E-state index >= 15 is 0 Å². The molecule has 2 aromatic carbocycles. The van der Waals surface area contributed by atoms with E-state index in [-0.39, 0.29) is 0 Å². The second-order valence-corrected chi connectivity index (χ2v) is 7.05. The van der Waals surface area contributed by atoms with Crippen LogP contribution in [0.3, 0.4) is 0 Å². The van der Waals surface area contributed by atoms with E-state index in [0.29, 0.717) is 5.57 Å². The molecule has 2 nitrogen and oxygen atoms in total. The average molecular weight is 410 g/mol. The molecule has 0 saturated carbocycles. The maximum Gasteiger partial charge on any atom is 0.119 e. The molecule has 2 aromatic rings. The van der Waals surface area contributed by atoms with Crippen molar-refractivity contribution in [2.45, 2.75) is 32.6 Å². The highest BCUT2D eigenvalue weighted by Crippen LogP contribution is 2.14. The minimum absolute atomic E-state index is 0.650. The molecule has 0 N–H and O–H groups in total. The van der Waals surface area contributed by atoms with E-state index in [1.807, 2.05) is 91.1 Å². The maximum atomic E-state index is 9.26. The number of unbranched alkanes of at least 4 members (excludes halogenated alkanes) is 3. The third-order valence-electron chi connectivity index (χ3n) is 4.57. The van der Waals surface area contributed by atoms with Gasteiger partial charge in [0, 0.05) is 0 Å². The SMILES string of the molecule is CCCCCCOc1ccc(/C=C/C=C/C=C/C=C/C=C(\C#N)c2ccccc2)cc1. The first kappa shape index (κ1) is 23.7. The van der Waals surface area contributed by atoms with Crippen LogP contribution in [0.25, 0.3) is 11.6 Å². The molecule has 0 unspecified atom stereocenters. The van der Waals surface area contributed by atoms with Crippen molar-refractivity contribution in [1.29, 1.82) is 5.26 Å². The highest BCUT2D eigenvalue weighted by Gasteiger charge is 1.96. The molecule has 0 atom stereocenters. The number of hydrogen-bond donors (Lipinski definition) is 0. The van der Waals surface area contributed by atoms with E-state index < -0.39 is 0 Å². The standard InChI is InChI=1S/C29H31NO/c1-2-3-4-15-24-31-29-22-20-26(21-23-29)16-11-8-6-5-7-9-12-19-28(25-30)27-17-13-10-14-18-27/h5-14,16-23H,2-4,15,24H2,1H3/b7-5+,8-6+,12-9+,16-11+,28-19+. The summed E-state index contributed by atoms with van der Waals surface area (Å²) in [5.74, 6) is 0.930. The van der Waals surface area contributed by atoms with Crippen LogP contribution in [0.15, 0.2) is 103 Å². The van der Waals surface area contributed by atoms with Crippen LogP contribution in [-0.2, 0) is 0 Å². The van der Waals surface area contributed by atoms with Gasteiger partial charge in [-0.1, -0.05) is 117 Å². The first-order chi connectivity index (χ1) is 15.3. The predicted molar refractivity (Wildman–Crippen MR) is 133 cm³/mol. The summed E-state index contributed by atoms with van der Waals surface area (Å²) in [6.07, 6.45) is 22.4. The van der Waals surface area contributed by atoms with E-state index in [1.165, 1.54) is 19.3 Å². The van der Waals surface area contributed by atoms with Crippen molar-refractivity contribution in [3.8, 4) is 11.8 Å². The van der Waals surface area contributed by atoms with Gasteiger partial charge in [0.2, 0.25) is 0 Å². The normalized spacial score (nSPS) is 12.3. The summed E-state index contributed by atoms with van der Waals surface area (Å²) in [4.78, 5) is 0. The van der Waals surface area contributed by atoms with E-state index in [4.69, 9.17) is 4.74 Å². The fourth-order valence-corrected chi connectivity index (χ4v) is 2.85. The molecule has 0 heterocycles. The molecular weight excluding hydrogens is 378 g/mol. The minimum Gasteiger partial charge on any atom is -0.494 e. The van der Waals surface area contributed by atoms with Crippen LogP contribution in [0.5, 0.6) is 5.75 Å². The fourth-order valence-electron chi connectivity index (χ4n) is 2.85. The van der Waals surface area contributed by atoms with Gasteiger partial charge in [0.25, 0.3) is 0 Å². The Balaban J connectivity index is 1.73. The molecule has 0 saturated heterocycles. The third-order valence-corrected chi connectivity index (χ3v) is 4.57.